The zero-order valence-corrected chi connectivity index (χ0v) is 13.1. The van der Waals surface area contributed by atoms with Crippen LogP contribution in [0.3, 0.4) is 0 Å². The molecule has 1 N–H and O–H groups in total. The maximum absolute atomic E-state index is 11.7. The molecule has 0 spiro atoms. The molecule has 1 atom stereocenters. The van der Waals surface area contributed by atoms with Crippen LogP contribution in [0.1, 0.15) is 12.0 Å². The number of hydrogen-bond donors (Lipinski definition) is 1. The van der Waals surface area contributed by atoms with E-state index in [1.54, 1.807) is 0 Å². The van der Waals surface area contributed by atoms with Crippen molar-refractivity contribution >= 4 is 25.8 Å². The van der Waals surface area contributed by atoms with Gasteiger partial charge in [-0.3, -0.25) is 0 Å². The minimum atomic E-state index is -2.79. The molecule has 1 unspecified atom stereocenters. The van der Waals surface area contributed by atoms with Crippen molar-refractivity contribution in [1.82, 2.24) is 5.32 Å². The Balaban J connectivity index is 1.78. The van der Waals surface area contributed by atoms with Crippen molar-refractivity contribution in [2.24, 2.45) is 11.3 Å². The quantitative estimate of drug-likeness (QED) is 0.913. The number of sulfone groups is 1. The molecule has 2 heterocycles. The van der Waals surface area contributed by atoms with Gasteiger partial charge in [0, 0.05) is 23.0 Å². The molecule has 2 fully saturated rings. The summed E-state index contributed by atoms with van der Waals surface area (Å²) in [7, 11) is -2.79. The summed E-state index contributed by atoms with van der Waals surface area (Å²) < 4.78 is 24.5. The topological polar surface area (TPSA) is 46.2 Å². The van der Waals surface area contributed by atoms with Gasteiger partial charge >= 0.3 is 0 Å². The second kappa shape index (κ2) is 4.86. The molecule has 2 saturated heterocycles. The summed E-state index contributed by atoms with van der Waals surface area (Å²) in [6.07, 6.45) is 1.81. The summed E-state index contributed by atoms with van der Waals surface area (Å²) >= 11 is 3.45. The Bertz CT molecular complexity index is 564. The number of hydrogen-bond acceptors (Lipinski definition) is 3. The first-order valence-electron chi connectivity index (χ1n) is 6.65. The summed E-state index contributed by atoms with van der Waals surface area (Å²) in [5.41, 5.74) is 1.45. The summed E-state index contributed by atoms with van der Waals surface area (Å²) in [5.74, 6) is 1.08. The van der Waals surface area contributed by atoms with Crippen LogP contribution in [0.15, 0.2) is 28.7 Å². The van der Waals surface area contributed by atoms with Gasteiger partial charge in [0.2, 0.25) is 0 Å². The van der Waals surface area contributed by atoms with E-state index in [1.807, 2.05) is 0 Å². The van der Waals surface area contributed by atoms with E-state index >= 15 is 0 Å². The number of halogens is 1. The summed E-state index contributed by atoms with van der Waals surface area (Å²) in [4.78, 5) is 0. The van der Waals surface area contributed by atoms with E-state index < -0.39 is 9.84 Å². The normalized spacial score (nSPS) is 27.9. The van der Waals surface area contributed by atoms with Crippen molar-refractivity contribution in [3.05, 3.63) is 34.3 Å². The van der Waals surface area contributed by atoms with Crippen LogP contribution in [0.4, 0.5) is 0 Å². The average Bonchev–Trinajstić information content (AvgIpc) is 2.67. The standard InChI is InChI=1S/C14H18BrNO2S/c15-13-3-1-11(2-4-13)7-14(9-16-10-14)12-5-6-19(17,18)8-12/h1-4,12,16H,5-10H2. The predicted octanol–water partition coefficient (Wildman–Crippen LogP) is 2.02. The van der Waals surface area contributed by atoms with E-state index in [0.717, 1.165) is 30.4 Å². The van der Waals surface area contributed by atoms with E-state index in [9.17, 15) is 8.42 Å². The van der Waals surface area contributed by atoms with Crippen molar-refractivity contribution in [2.45, 2.75) is 12.8 Å². The highest BCUT2D eigenvalue weighted by molar-refractivity contribution is 9.10. The zero-order chi connectivity index (χ0) is 13.5. The van der Waals surface area contributed by atoms with Crippen LogP contribution < -0.4 is 5.32 Å². The van der Waals surface area contributed by atoms with Gasteiger partial charge in [-0.15, -0.1) is 0 Å². The van der Waals surface area contributed by atoms with E-state index in [-0.39, 0.29) is 5.41 Å². The van der Waals surface area contributed by atoms with Crippen LogP contribution in [0.2, 0.25) is 0 Å². The average molecular weight is 344 g/mol. The minimum Gasteiger partial charge on any atom is -0.315 e. The van der Waals surface area contributed by atoms with Crippen molar-refractivity contribution < 1.29 is 8.42 Å². The predicted molar refractivity (Wildman–Crippen MR) is 79.9 cm³/mol. The molecule has 2 aliphatic heterocycles. The van der Waals surface area contributed by atoms with Gasteiger partial charge in [-0.05, 0) is 36.5 Å². The molecule has 0 radical (unpaired) electrons. The Morgan fingerprint density at radius 1 is 1.26 bits per heavy atom. The Morgan fingerprint density at radius 2 is 1.95 bits per heavy atom. The Hall–Kier alpha value is -0.390. The highest BCUT2D eigenvalue weighted by Gasteiger charge is 2.48. The van der Waals surface area contributed by atoms with Gasteiger partial charge in [-0.2, -0.15) is 0 Å². The molecule has 2 aliphatic rings. The van der Waals surface area contributed by atoms with Crippen molar-refractivity contribution in [2.75, 3.05) is 24.6 Å². The zero-order valence-electron chi connectivity index (χ0n) is 10.7. The van der Waals surface area contributed by atoms with Gasteiger partial charge in [0.1, 0.15) is 0 Å². The Kier molecular flexibility index (Phi) is 3.48. The van der Waals surface area contributed by atoms with E-state index in [4.69, 9.17) is 0 Å². The molecule has 3 nitrogen and oxygen atoms in total. The first kappa shape index (κ1) is 13.6. The van der Waals surface area contributed by atoms with E-state index in [0.29, 0.717) is 17.4 Å². The second-order valence-corrected chi connectivity index (χ2v) is 9.01. The molecule has 0 bridgehead atoms. The molecule has 3 rings (SSSR count). The first-order chi connectivity index (χ1) is 8.99. The van der Waals surface area contributed by atoms with E-state index in [2.05, 4.69) is 45.5 Å². The van der Waals surface area contributed by atoms with Crippen molar-refractivity contribution in [1.29, 1.82) is 0 Å². The van der Waals surface area contributed by atoms with Crippen LogP contribution >= 0.6 is 15.9 Å². The third kappa shape index (κ3) is 2.73. The molecule has 0 aliphatic carbocycles. The summed E-state index contributed by atoms with van der Waals surface area (Å²) in [5, 5.41) is 3.33. The lowest BCUT2D eigenvalue weighted by Crippen LogP contribution is -2.59. The Morgan fingerprint density at radius 3 is 2.42 bits per heavy atom. The third-order valence-electron chi connectivity index (χ3n) is 4.52. The molecule has 1 aromatic carbocycles. The van der Waals surface area contributed by atoms with Gasteiger partial charge in [-0.25, -0.2) is 8.42 Å². The molecule has 0 aromatic heterocycles. The third-order valence-corrected chi connectivity index (χ3v) is 6.82. The smallest absolute Gasteiger partial charge is 0.150 e. The lowest BCUT2D eigenvalue weighted by Gasteiger charge is -2.47. The van der Waals surface area contributed by atoms with E-state index in [1.165, 1.54) is 5.56 Å². The van der Waals surface area contributed by atoms with Crippen LogP contribution in [0.5, 0.6) is 0 Å². The highest BCUT2D eigenvalue weighted by Crippen LogP contribution is 2.41. The van der Waals surface area contributed by atoms with Crippen LogP contribution in [0.25, 0.3) is 0 Å². The monoisotopic (exact) mass is 343 g/mol. The molecular weight excluding hydrogens is 326 g/mol. The van der Waals surface area contributed by atoms with Crippen LogP contribution in [-0.4, -0.2) is 33.0 Å². The lowest BCUT2D eigenvalue weighted by molar-refractivity contribution is 0.0925. The maximum atomic E-state index is 11.7. The van der Waals surface area contributed by atoms with Gasteiger partial charge < -0.3 is 5.32 Å². The largest absolute Gasteiger partial charge is 0.315 e. The SMILES string of the molecule is O=S1(=O)CCC(C2(Cc3ccc(Br)cc3)CNC2)C1. The fraction of sp³-hybridized carbons (Fsp3) is 0.571. The molecule has 5 heteroatoms. The van der Waals surface area contributed by atoms with Gasteiger partial charge in [0.05, 0.1) is 11.5 Å². The van der Waals surface area contributed by atoms with Gasteiger partial charge in [0.25, 0.3) is 0 Å². The molecular formula is C14H18BrNO2S. The first-order valence-corrected chi connectivity index (χ1v) is 9.26. The molecule has 1 aromatic rings. The fourth-order valence-corrected chi connectivity index (χ4v) is 5.50. The highest BCUT2D eigenvalue weighted by atomic mass is 79.9. The lowest BCUT2D eigenvalue weighted by atomic mass is 9.67. The second-order valence-electron chi connectivity index (χ2n) is 5.87. The maximum Gasteiger partial charge on any atom is 0.150 e. The minimum absolute atomic E-state index is 0.150. The van der Waals surface area contributed by atoms with Gasteiger partial charge in [-0.1, -0.05) is 28.1 Å². The molecule has 0 saturated carbocycles. The van der Waals surface area contributed by atoms with Crippen molar-refractivity contribution in [3.63, 3.8) is 0 Å². The number of nitrogens with one attached hydrogen (secondary N) is 1. The van der Waals surface area contributed by atoms with Crippen molar-refractivity contribution in [3.8, 4) is 0 Å². The Labute approximate surface area is 122 Å². The molecule has 104 valence electrons. The summed E-state index contributed by atoms with van der Waals surface area (Å²) in [6.45, 7) is 1.90. The van der Waals surface area contributed by atoms with Crippen LogP contribution in [-0.2, 0) is 16.3 Å². The van der Waals surface area contributed by atoms with Crippen LogP contribution in [0, 0.1) is 11.3 Å². The summed E-state index contributed by atoms with van der Waals surface area (Å²) in [6, 6.07) is 8.38. The number of benzene rings is 1. The van der Waals surface area contributed by atoms with Gasteiger partial charge in [0.15, 0.2) is 9.84 Å². The fourth-order valence-electron chi connectivity index (χ4n) is 3.29. The number of rotatable bonds is 3. The molecule has 19 heavy (non-hydrogen) atoms. The molecule has 0 amide bonds.